The van der Waals surface area contributed by atoms with Gasteiger partial charge in [0.15, 0.2) is 0 Å². The van der Waals surface area contributed by atoms with Gasteiger partial charge >= 0.3 is 76.0 Å². The Morgan fingerprint density at radius 1 is 0.714 bits per heavy atom. The van der Waals surface area contributed by atoms with Crippen LogP contribution < -0.4 is 81.2 Å². The van der Waals surface area contributed by atoms with Gasteiger partial charge in [0, 0.05) is 27.4 Å². The van der Waals surface area contributed by atoms with Gasteiger partial charge in [0.1, 0.15) is 22.5 Å². The third kappa shape index (κ3) is 10.7. The van der Waals surface area contributed by atoms with Crippen molar-refractivity contribution >= 4 is 55.3 Å². The van der Waals surface area contributed by atoms with Gasteiger partial charge < -0.3 is 29.9 Å². The topological polar surface area (TPSA) is 160 Å². The molecule has 0 aliphatic carbocycles. The van der Waals surface area contributed by atoms with Crippen molar-refractivity contribution in [3.05, 3.63) is 132 Å². The van der Waals surface area contributed by atoms with E-state index in [1.165, 1.54) is 12.1 Å². The molecule has 0 bridgehead atoms. The van der Waals surface area contributed by atoms with Crippen LogP contribution in [0.25, 0.3) is 32.9 Å². The zero-order valence-corrected chi connectivity index (χ0v) is 28.3. The van der Waals surface area contributed by atoms with Gasteiger partial charge in [-0.15, -0.1) is 0 Å². The maximum Gasteiger partial charge on any atom is 1.00 e. The Kier molecular flexibility index (Phi) is 16.3. The van der Waals surface area contributed by atoms with Crippen molar-refractivity contribution in [2.75, 3.05) is 0 Å². The molecule has 0 aliphatic rings. The number of aromatic hydroxyl groups is 1. The van der Waals surface area contributed by atoms with Crippen LogP contribution in [0.5, 0.6) is 5.75 Å². The molecular formula is C29H21BrNa2O10. The van der Waals surface area contributed by atoms with Crippen molar-refractivity contribution in [3.63, 3.8) is 0 Å². The molecule has 6 rings (SSSR count). The van der Waals surface area contributed by atoms with E-state index in [0.29, 0.717) is 22.1 Å². The van der Waals surface area contributed by atoms with E-state index in [1.807, 2.05) is 43.3 Å². The Hall–Kier alpha value is -3.00. The summed E-state index contributed by atoms with van der Waals surface area (Å²) in [7, 11) is 0. The van der Waals surface area contributed by atoms with Crippen molar-refractivity contribution in [2.24, 2.45) is 0 Å². The molecule has 0 radical (unpaired) electrons. The second-order valence-electron chi connectivity index (χ2n) is 7.79. The van der Waals surface area contributed by atoms with Gasteiger partial charge in [-0.2, -0.15) is 0 Å². The van der Waals surface area contributed by atoms with Gasteiger partial charge in [-0.1, -0.05) is 48.5 Å². The number of para-hydroxylation sites is 3. The van der Waals surface area contributed by atoms with E-state index in [0.717, 1.165) is 26.9 Å². The molecule has 0 amide bonds. The molecule has 0 atom stereocenters. The number of aryl methyl sites for hydroxylation is 1. The van der Waals surface area contributed by atoms with Gasteiger partial charge in [-0.3, -0.25) is 4.79 Å². The summed E-state index contributed by atoms with van der Waals surface area (Å²) in [5.41, 5.74) is 1.47. The fourth-order valence-corrected chi connectivity index (χ4v) is 3.95. The maximum absolute atomic E-state index is 10.9. The van der Waals surface area contributed by atoms with Crippen LogP contribution in [0.2, 0.25) is 0 Å². The predicted molar refractivity (Wildman–Crippen MR) is 150 cm³/mol. The van der Waals surface area contributed by atoms with E-state index in [2.05, 4.69) is 20.8 Å². The zero-order valence-electron chi connectivity index (χ0n) is 23.7. The minimum absolute atomic E-state index is 0. The Balaban J connectivity index is 0.000000561. The molecule has 3 aromatic carbocycles. The molecule has 0 unspecified atom stereocenters. The van der Waals surface area contributed by atoms with Gasteiger partial charge in [-0.25, -0.2) is 14.4 Å². The number of benzene rings is 3. The predicted octanol–water partition coefficient (Wildman–Crippen LogP) is -1.29. The summed E-state index contributed by atoms with van der Waals surface area (Å²) in [6.45, 7) is 1.72. The molecule has 1 N–H and O–H groups in total. The van der Waals surface area contributed by atoms with Crippen molar-refractivity contribution in [1.29, 1.82) is 0 Å². The van der Waals surface area contributed by atoms with Gasteiger partial charge in [0.05, 0.1) is 11.5 Å². The molecule has 3 aromatic heterocycles. The molecule has 13 heteroatoms. The molecule has 0 fully saturated rings. The Bertz CT molecular complexity index is 1720. The van der Waals surface area contributed by atoms with Crippen LogP contribution in [0.4, 0.5) is 0 Å². The van der Waals surface area contributed by atoms with Gasteiger partial charge in [-0.05, 0) is 52.7 Å². The number of hydrogen-bond donors (Lipinski definition) is 1. The third-order valence-electron chi connectivity index (χ3n) is 5.12. The summed E-state index contributed by atoms with van der Waals surface area (Å²) in [5, 5.41) is 20.2. The normalized spacial score (nSPS) is 9.40. The summed E-state index contributed by atoms with van der Waals surface area (Å²) in [6.07, 6.45) is 0. The molecule has 0 spiro atoms. The first-order chi connectivity index (χ1) is 19.2. The van der Waals surface area contributed by atoms with E-state index < -0.39 is 5.63 Å². The van der Waals surface area contributed by atoms with Crippen molar-refractivity contribution in [2.45, 2.75) is 6.92 Å². The minimum Gasteiger partial charge on any atom is -1.00 e. The first-order valence-electron chi connectivity index (χ1n) is 11.4. The van der Waals surface area contributed by atoms with Crippen molar-refractivity contribution in [3.8, 4) is 5.75 Å². The number of halogens is 1. The molecular weight excluding hydrogens is 634 g/mol. The second kappa shape index (κ2) is 18.5. The molecule has 6 aromatic rings. The molecule has 10 nitrogen and oxygen atoms in total. The number of fused-ring (bicyclic) bond motifs is 3. The Labute approximate surface area is 291 Å². The van der Waals surface area contributed by atoms with Crippen LogP contribution in [0.15, 0.2) is 123 Å². The standard InChI is InChI=1S/C10H8O2.C9H5BrO2.C9H6O3.CH2O3.2Na.H/c1-7-6-10(11)12-9-5-3-2-4-8(7)9;2*10-7-5-9(11)12-8-4-2-1-3-6(7)8;2-1-4-3;;;/h2-6H,1H3;1-5H;1-5,10H;1,3H;;;/q;;;;2*+1;-1/p-1. The van der Waals surface area contributed by atoms with Crippen LogP contribution in [0.3, 0.4) is 0 Å². The third-order valence-corrected chi connectivity index (χ3v) is 5.78. The Morgan fingerprint density at radius 2 is 1.10 bits per heavy atom. The summed E-state index contributed by atoms with van der Waals surface area (Å²) in [4.78, 5) is 43.9. The molecule has 0 saturated heterocycles. The summed E-state index contributed by atoms with van der Waals surface area (Å²) in [6, 6.07) is 25.7. The maximum atomic E-state index is 10.9. The second-order valence-corrected chi connectivity index (χ2v) is 8.65. The average Bonchev–Trinajstić information content (AvgIpc) is 2.94. The van der Waals surface area contributed by atoms with Crippen LogP contribution >= 0.6 is 15.9 Å². The number of carbonyl (C=O) groups excluding carboxylic acids is 1. The summed E-state index contributed by atoms with van der Waals surface area (Å²) >= 11 is 3.29. The number of rotatable bonds is 1. The monoisotopic (exact) mass is 654 g/mol. The van der Waals surface area contributed by atoms with Crippen molar-refractivity contribution in [1.82, 2.24) is 0 Å². The van der Waals surface area contributed by atoms with Gasteiger partial charge in [0.2, 0.25) is 0 Å². The first-order valence-corrected chi connectivity index (χ1v) is 12.1. The number of hydrogen-bond acceptors (Lipinski definition) is 10. The SMILES string of the molecule is Cc1cc(=O)oc2ccccc12.O=CO[O-].O=c1cc(Br)c2ccccc2o1.O=c1cc(O)c2ccccc2o1.[H-].[Na+].[Na+]. The molecule has 42 heavy (non-hydrogen) atoms. The van der Waals surface area contributed by atoms with E-state index in [1.54, 1.807) is 36.4 Å². The van der Waals surface area contributed by atoms with Crippen molar-refractivity contribution < 1.29 is 93.8 Å². The molecule has 0 aliphatic heterocycles. The Morgan fingerprint density at radius 3 is 1.62 bits per heavy atom. The molecule has 206 valence electrons. The van der Waals surface area contributed by atoms with Gasteiger partial charge in [0.25, 0.3) is 6.47 Å². The van der Waals surface area contributed by atoms with E-state index in [9.17, 15) is 19.5 Å². The fourth-order valence-electron chi connectivity index (χ4n) is 3.44. The largest absolute Gasteiger partial charge is 1.00 e. The fraction of sp³-hybridized carbons (Fsp3) is 0.0345. The van der Waals surface area contributed by atoms with Crippen LogP contribution in [0, 0.1) is 6.92 Å². The smallest absolute Gasteiger partial charge is 1.00 e. The van der Waals surface area contributed by atoms with E-state index in [-0.39, 0.29) is 84.0 Å². The van der Waals surface area contributed by atoms with Crippen LogP contribution in [-0.2, 0) is 9.68 Å². The van der Waals surface area contributed by atoms with Crippen LogP contribution in [0.1, 0.15) is 6.99 Å². The first kappa shape index (κ1) is 37.0. The summed E-state index contributed by atoms with van der Waals surface area (Å²) < 4.78 is 15.5. The minimum atomic E-state index is -0.536. The summed E-state index contributed by atoms with van der Waals surface area (Å²) in [5.74, 6) is -0.0400. The zero-order chi connectivity index (χ0) is 29.1. The average molecular weight is 655 g/mol. The van der Waals surface area contributed by atoms with E-state index >= 15 is 0 Å². The van der Waals surface area contributed by atoms with Crippen LogP contribution in [-0.4, -0.2) is 11.6 Å². The molecule has 3 heterocycles. The number of carbonyl (C=O) groups is 1. The molecule has 0 saturated carbocycles. The van der Waals surface area contributed by atoms with E-state index in [4.69, 9.17) is 23.3 Å². The quantitative estimate of drug-likeness (QED) is 0.0743.